The number of nitrogens with zero attached hydrogens (tertiary/aromatic N) is 3. The minimum atomic E-state index is -0.935. The SMILES string of the molecule is CCc1cc(Sc2nc(C)c(C(=O)O)s2)nc(C)n1. The molecule has 0 aliphatic carbocycles. The first kappa shape index (κ1) is 14.0. The van der Waals surface area contributed by atoms with Crippen LogP contribution in [0.25, 0.3) is 0 Å². The zero-order chi connectivity index (χ0) is 14.0. The first-order chi connectivity index (χ1) is 8.99. The van der Waals surface area contributed by atoms with Crippen molar-refractivity contribution in [3.63, 3.8) is 0 Å². The summed E-state index contributed by atoms with van der Waals surface area (Å²) in [5.74, 6) is -0.219. The number of aromatic nitrogens is 3. The lowest BCUT2D eigenvalue weighted by molar-refractivity contribution is 0.0701. The third kappa shape index (κ3) is 3.30. The number of carbonyl (C=O) groups is 1. The topological polar surface area (TPSA) is 76.0 Å². The van der Waals surface area contributed by atoms with Crippen LogP contribution in [0, 0.1) is 13.8 Å². The molecular formula is C12H13N3O2S2. The van der Waals surface area contributed by atoms with Crippen molar-refractivity contribution in [3.05, 3.63) is 28.2 Å². The second kappa shape index (κ2) is 5.66. The number of aromatic carboxylic acids is 1. The molecule has 0 aliphatic heterocycles. The average Bonchev–Trinajstić information content (AvgIpc) is 2.69. The third-order valence-corrected chi connectivity index (χ3v) is 4.52. The van der Waals surface area contributed by atoms with Gasteiger partial charge in [0, 0.05) is 5.69 Å². The van der Waals surface area contributed by atoms with Gasteiger partial charge in [0.15, 0.2) is 4.34 Å². The van der Waals surface area contributed by atoms with Crippen molar-refractivity contribution in [2.75, 3.05) is 0 Å². The van der Waals surface area contributed by atoms with Gasteiger partial charge in [-0.05, 0) is 38.1 Å². The van der Waals surface area contributed by atoms with Gasteiger partial charge in [0.25, 0.3) is 0 Å². The van der Waals surface area contributed by atoms with Gasteiger partial charge in [-0.25, -0.2) is 19.7 Å². The standard InChI is InChI=1S/C12H13N3O2S2/c1-4-8-5-9(15-7(3)14-8)18-12-13-6(2)10(19-12)11(16)17/h5H,4H2,1-3H3,(H,16,17). The van der Waals surface area contributed by atoms with E-state index in [2.05, 4.69) is 15.0 Å². The highest BCUT2D eigenvalue weighted by Gasteiger charge is 2.15. The van der Waals surface area contributed by atoms with Crippen molar-refractivity contribution in [3.8, 4) is 0 Å². The Morgan fingerprint density at radius 3 is 2.68 bits per heavy atom. The molecule has 2 rings (SSSR count). The third-order valence-electron chi connectivity index (χ3n) is 2.39. The molecule has 0 fully saturated rings. The number of aryl methyl sites for hydroxylation is 3. The number of carboxylic acids is 1. The van der Waals surface area contributed by atoms with Crippen molar-refractivity contribution >= 4 is 29.1 Å². The highest BCUT2D eigenvalue weighted by atomic mass is 32.2. The monoisotopic (exact) mass is 295 g/mol. The molecule has 0 atom stereocenters. The summed E-state index contributed by atoms with van der Waals surface area (Å²) in [5.41, 5.74) is 1.52. The van der Waals surface area contributed by atoms with Gasteiger partial charge in [-0.3, -0.25) is 0 Å². The van der Waals surface area contributed by atoms with Gasteiger partial charge in [0.1, 0.15) is 15.7 Å². The highest BCUT2D eigenvalue weighted by Crippen LogP contribution is 2.32. The van der Waals surface area contributed by atoms with E-state index in [4.69, 9.17) is 5.11 Å². The van der Waals surface area contributed by atoms with Crippen molar-refractivity contribution < 1.29 is 9.90 Å². The Hall–Kier alpha value is -1.47. The van der Waals surface area contributed by atoms with Gasteiger partial charge >= 0.3 is 5.97 Å². The smallest absolute Gasteiger partial charge is 0.347 e. The lowest BCUT2D eigenvalue weighted by Crippen LogP contribution is -1.95. The zero-order valence-electron chi connectivity index (χ0n) is 10.8. The van der Waals surface area contributed by atoms with Crippen LogP contribution in [0.4, 0.5) is 0 Å². The maximum atomic E-state index is 11.0. The molecule has 0 spiro atoms. The molecule has 0 saturated carbocycles. The van der Waals surface area contributed by atoms with Gasteiger partial charge in [-0.2, -0.15) is 0 Å². The molecule has 0 saturated heterocycles. The van der Waals surface area contributed by atoms with Crippen LogP contribution in [-0.4, -0.2) is 26.0 Å². The van der Waals surface area contributed by atoms with Gasteiger partial charge in [-0.1, -0.05) is 18.3 Å². The molecular weight excluding hydrogens is 282 g/mol. The van der Waals surface area contributed by atoms with Crippen LogP contribution in [0.5, 0.6) is 0 Å². The first-order valence-corrected chi connectivity index (χ1v) is 7.36. The molecule has 0 radical (unpaired) electrons. The molecule has 0 aromatic carbocycles. The van der Waals surface area contributed by atoms with Gasteiger partial charge < -0.3 is 5.11 Å². The molecule has 0 aliphatic rings. The molecule has 2 aromatic heterocycles. The number of hydrogen-bond donors (Lipinski definition) is 1. The van der Waals surface area contributed by atoms with Crippen LogP contribution < -0.4 is 0 Å². The van der Waals surface area contributed by atoms with E-state index in [1.165, 1.54) is 23.1 Å². The quantitative estimate of drug-likeness (QED) is 0.874. The predicted molar refractivity (Wildman–Crippen MR) is 74.1 cm³/mol. The fourth-order valence-electron chi connectivity index (χ4n) is 1.54. The number of thiazole rings is 1. The van der Waals surface area contributed by atoms with Crippen LogP contribution >= 0.6 is 23.1 Å². The van der Waals surface area contributed by atoms with Gasteiger partial charge in [0.05, 0.1) is 5.69 Å². The Bertz CT molecular complexity index is 625. The van der Waals surface area contributed by atoms with E-state index in [0.717, 1.165) is 17.1 Å². The number of hydrogen-bond acceptors (Lipinski definition) is 6. The maximum Gasteiger partial charge on any atom is 0.347 e. The number of rotatable bonds is 4. The molecule has 19 heavy (non-hydrogen) atoms. The van der Waals surface area contributed by atoms with Crippen molar-refractivity contribution in [2.24, 2.45) is 0 Å². The normalized spacial score (nSPS) is 10.7. The predicted octanol–water partition coefficient (Wildman–Crippen LogP) is 2.96. The molecule has 100 valence electrons. The van der Waals surface area contributed by atoms with Crippen LogP contribution in [0.2, 0.25) is 0 Å². The minimum Gasteiger partial charge on any atom is -0.477 e. The molecule has 0 amide bonds. The van der Waals surface area contributed by atoms with Crippen molar-refractivity contribution in [2.45, 2.75) is 36.6 Å². The Labute approximate surface area is 119 Å². The summed E-state index contributed by atoms with van der Waals surface area (Å²) in [6.07, 6.45) is 0.841. The molecule has 1 N–H and O–H groups in total. The highest BCUT2D eigenvalue weighted by molar-refractivity contribution is 8.01. The number of carboxylic acid groups (broad SMARTS) is 1. The van der Waals surface area contributed by atoms with Crippen molar-refractivity contribution in [1.82, 2.24) is 15.0 Å². The zero-order valence-corrected chi connectivity index (χ0v) is 12.4. The second-order valence-corrected chi connectivity index (χ2v) is 6.17. The summed E-state index contributed by atoms with van der Waals surface area (Å²) in [6.45, 7) is 5.58. The van der Waals surface area contributed by atoms with Crippen LogP contribution in [0.1, 0.15) is 33.8 Å². The van der Waals surface area contributed by atoms with Gasteiger partial charge in [-0.15, -0.1) is 0 Å². The van der Waals surface area contributed by atoms with Crippen LogP contribution in [0.3, 0.4) is 0 Å². The summed E-state index contributed by atoms with van der Waals surface area (Å²) in [7, 11) is 0. The molecule has 5 nitrogen and oxygen atoms in total. The second-order valence-electron chi connectivity index (χ2n) is 3.90. The average molecular weight is 295 g/mol. The van der Waals surface area contributed by atoms with E-state index in [9.17, 15) is 4.79 Å². The van der Waals surface area contributed by atoms with Crippen LogP contribution in [0.15, 0.2) is 15.4 Å². The lowest BCUT2D eigenvalue weighted by atomic mass is 10.3. The van der Waals surface area contributed by atoms with Crippen LogP contribution in [-0.2, 0) is 6.42 Å². The molecule has 0 bridgehead atoms. The summed E-state index contributed by atoms with van der Waals surface area (Å²) < 4.78 is 0.690. The Morgan fingerprint density at radius 2 is 2.11 bits per heavy atom. The van der Waals surface area contributed by atoms with Gasteiger partial charge in [0.2, 0.25) is 0 Å². The summed E-state index contributed by atoms with van der Waals surface area (Å²) in [6, 6.07) is 1.91. The lowest BCUT2D eigenvalue weighted by Gasteiger charge is -2.02. The summed E-state index contributed by atoms with van der Waals surface area (Å²) in [5, 5.41) is 9.81. The Morgan fingerprint density at radius 1 is 1.37 bits per heavy atom. The summed E-state index contributed by atoms with van der Waals surface area (Å²) >= 11 is 2.55. The van der Waals surface area contributed by atoms with E-state index in [1.54, 1.807) is 6.92 Å². The Balaban J connectivity index is 2.28. The van der Waals surface area contributed by atoms with E-state index in [-0.39, 0.29) is 4.88 Å². The van der Waals surface area contributed by atoms with E-state index < -0.39 is 5.97 Å². The maximum absolute atomic E-state index is 11.0. The Kier molecular flexibility index (Phi) is 4.16. The molecule has 2 aromatic rings. The fourth-order valence-corrected chi connectivity index (χ4v) is 3.58. The fraction of sp³-hybridized carbons (Fsp3) is 0.333. The van der Waals surface area contributed by atoms with E-state index in [1.807, 2.05) is 19.9 Å². The molecule has 0 unspecified atom stereocenters. The first-order valence-electron chi connectivity index (χ1n) is 5.72. The van der Waals surface area contributed by atoms with Crippen molar-refractivity contribution in [1.29, 1.82) is 0 Å². The minimum absolute atomic E-state index is 0.281. The summed E-state index contributed by atoms with van der Waals surface area (Å²) in [4.78, 5) is 24.2. The van der Waals surface area contributed by atoms with E-state index in [0.29, 0.717) is 15.9 Å². The van der Waals surface area contributed by atoms with E-state index >= 15 is 0 Å². The largest absolute Gasteiger partial charge is 0.477 e. The molecule has 2 heterocycles. The molecule has 7 heteroatoms.